The van der Waals surface area contributed by atoms with Gasteiger partial charge in [0.15, 0.2) is 9.84 Å². The molecule has 0 spiro atoms. The monoisotopic (exact) mass is 285 g/mol. The van der Waals surface area contributed by atoms with Crippen molar-refractivity contribution >= 4 is 9.84 Å². The lowest BCUT2D eigenvalue weighted by Gasteiger charge is -2.19. The molecule has 4 nitrogen and oxygen atoms in total. The first kappa shape index (κ1) is 16.1. The zero-order valence-corrected chi connectivity index (χ0v) is 12.6. The summed E-state index contributed by atoms with van der Waals surface area (Å²) in [6, 6.07) is 7.08. The summed E-state index contributed by atoms with van der Waals surface area (Å²) in [5.74, 6) is 0.0435. The first-order chi connectivity index (χ1) is 8.77. The Balaban J connectivity index is 2.74. The first-order valence-corrected chi connectivity index (χ1v) is 8.07. The van der Waals surface area contributed by atoms with Gasteiger partial charge < -0.3 is 10.4 Å². The molecule has 2 N–H and O–H groups in total. The SMILES string of the molecule is CC(C)(C)c1ccc(S(=O)(=O)CCNCCO)cc1. The van der Waals surface area contributed by atoms with Crippen molar-refractivity contribution in [3.8, 4) is 0 Å². The van der Waals surface area contributed by atoms with E-state index in [4.69, 9.17) is 5.11 Å². The van der Waals surface area contributed by atoms with E-state index in [0.29, 0.717) is 18.0 Å². The van der Waals surface area contributed by atoms with Crippen LogP contribution >= 0.6 is 0 Å². The summed E-state index contributed by atoms with van der Waals surface area (Å²) in [6.45, 7) is 7.06. The van der Waals surface area contributed by atoms with Crippen molar-refractivity contribution in [1.82, 2.24) is 5.32 Å². The van der Waals surface area contributed by atoms with Crippen LogP contribution in [0.4, 0.5) is 0 Å². The van der Waals surface area contributed by atoms with Crippen molar-refractivity contribution in [2.75, 3.05) is 25.4 Å². The fourth-order valence-electron chi connectivity index (χ4n) is 1.69. The van der Waals surface area contributed by atoms with E-state index in [2.05, 4.69) is 26.1 Å². The predicted octanol–water partition coefficient (Wildman–Crippen LogP) is 1.34. The zero-order chi connectivity index (χ0) is 14.5. The average Bonchev–Trinajstić information content (AvgIpc) is 2.34. The summed E-state index contributed by atoms with van der Waals surface area (Å²) in [5, 5.41) is 11.5. The molecule has 0 fully saturated rings. The van der Waals surface area contributed by atoms with Crippen molar-refractivity contribution < 1.29 is 13.5 Å². The minimum atomic E-state index is -3.25. The molecule has 0 saturated heterocycles. The van der Waals surface area contributed by atoms with Crippen LogP contribution < -0.4 is 5.32 Å². The molecule has 19 heavy (non-hydrogen) atoms. The molecule has 0 atom stereocenters. The number of aliphatic hydroxyl groups excluding tert-OH is 1. The highest BCUT2D eigenvalue weighted by atomic mass is 32.2. The second kappa shape index (κ2) is 6.50. The Bertz CT molecular complexity index is 486. The Morgan fingerprint density at radius 3 is 2.16 bits per heavy atom. The Kier molecular flexibility index (Phi) is 5.52. The Morgan fingerprint density at radius 2 is 1.68 bits per heavy atom. The highest BCUT2D eigenvalue weighted by Crippen LogP contribution is 2.23. The van der Waals surface area contributed by atoms with Crippen LogP contribution in [0.15, 0.2) is 29.2 Å². The minimum Gasteiger partial charge on any atom is -0.395 e. The largest absolute Gasteiger partial charge is 0.395 e. The fourth-order valence-corrected chi connectivity index (χ4v) is 2.89. The second-order valence-electron chi connectivity index (χ2n) is 5.57. The number of sulfone groups is 1. The quantitative estimate of drug-likeness (QED) is 0.774. The predicted molar refractivity (Wildman–Crippen MR) is 77.2 cm³/mol. The van der Waals surface area contributed by atoms with Crippen molar-refractivity contribution in [3.05, 3.63) is 29.8 Å². The lowest BCUT2D eigenvalue weighted by atomic mass is 9.87. The van der Waals surface area contributed by atoms with Gasteiger partial charge in [-0.25, -0.2) is 8.42 Å². The van der Waals surface area contributed by atoms with Crippen molar-refractivity contribution in [3.63, 3.8) is 0 Å². The van der Waals surface area contributed by atoms with Crippen LogP contribution in [-0.2, 0) is 15.3 Å². The molecule has 0 saturated carbocycles. The Morgan fingerprint density at radius 1 is 1.11 bits per heavy atom. The second-order valence-corrected chi connectivity index (χ2v) is 7.68. The van der Waals surface area contributed by atoms with Gasteiger partial charge in [-0.2, -0.15) is 0 Å². The number of benzene rings is 1. The van der Waals surface area contributed by atoms with Crippen LogP contribution in [0.25, 0.3) is 0 Å². The third-order valence-electron chi connectivity index (χ3n) is 2.92. The van der Waals surface area contributed by atoms with Gasteiger partial charge in [0.2, 0.25) is 0 Å². The van der Waals surface area contributed by atoms with E-state index in [0.717, 1.165) is 5.56 Å². The van der Waals surface area contributed by atoms with E-state index in [1.54, 1.807) is 12.1 Å². The van der Waals surface area contributed by atoms with Gasteiger partial charge in [-0.3, -0.25) is 0 Å². The van der Waals surface area contributed by atoms with Gasteiger partial charge in [0.25, 0.3) is 0 Å². The molecule has 0 aromatic heterocycles. The van der Waals surface area contributed by atoms with Crippen LogP contribution in [0, 0.1) is 0 Å². The molecule has 5 heteroatoms. The molecule has 1 aromatic rings. The molecular weight excluding hydrogens is 262 g/mol. The van der Waals surface area contributed by atoms with Crippen LogP contribution in [0.2, 0.25) is 0 Å². The van der Waals surface area contributed by atoms with E-state index < -0.39 is 9.84 Å². The van der Waals surface area contributed by atoms with Crippen LogP contribution in [0.3, 0.4) is 0 Å². The molecule has 1 rings (SSSR count). The van der Waals surface area contributed by atoms with Gasteiger partial charge in [0, 0.05) is 13.1 Å². The third-order valence-corrected chi connectivity index (χ3v) is 4.65. The summed E-state index contributed by atoms with van der Waals surface area (Å²) >= 11 is 0. The van der Waals surface area contributed by atoms with Crippen molar-refractivity contribution in [2.45, 2.75) is 31.1 Å². The molecule has 0 radical (unpaired) electrons. The molecule has 0 amide bonds. The summed E-state index contributed by atoms with van der Waals surface area (Å²) < 4.78 is 24.1. The smallest absolute Gasteiger partial charge is 0.179 e. The van der Waals surface area contributed by atoms with Gasteiger partial charge in [0.05, 0.1) is 17.3 Å². The highest BCUT2D eigenvalue weighted by molar-refractivity contribution is 7.91. The van der Waals surface area contributed by atoms with Crippen LogP contribution in [-0.4, -0.2) is 39.0 Å². The molecule has 108 valence electrons. The number of nitrogens with one attached hydrogen (secondary N) is 1. The van der Waals surface area contributed by atoms with Crippen LogP contribution in [0.5, 0.6) is 0 Å². The van der Waals surface area contributed by atoms with Gasteiger partial charge >= 0.3 is 0 Å². The van der Waals surface area contributed by atoms with E-state index in [-0.39, 0.29) is 17.8 Å². The Labute approximate surface area is 115 Å². The Hall–Kier alpha value is -0.910. The molecule has 0 aliphatic carbocycles. The van der Waals surface area contributed by atoms with Crippen molar-refractivity contribution in [2.24, 2.45) is 0 Å². The number of hydrogen-bond acceptors (Lipinski definition) is 4. The number of hydrogen-bond donors (Lipinski definition) is 2. The topological polar surface area (TPSA) is 66.4 Å². The maximum Gasteiger partial charge on any atom is 0.179 e. The minimum absolute atomic E-state index is 0.0142. The maximum absolute atomic E-state index is 12.1. The molecule has 0 heterocycles. The number of aliphatic hydroxyl groups is 1. The zero-order valence-electron chi connectivity index (χ0n) is 11.8. The molecule has 0 bridgehead atoms. The van der Waals surface area contributed by atoms with Gasteiger partial charge in [-0.05, 0) is 23.1 Å². The molecule has 1 aromatic carbocycles. The fraction of sp³-hybridized carbons (Fsp3) is 0.571. The summed E-state index contributed by atoms with van der Waals surface area (Å²) in [5.41, 5.74) is 1.13. The molecule has 0 aliphatic heterocycles. The summed E-state index contributed by atoms with van der Waals surface area (Å²) in [7, 11) is -3.25. The maximum atomic E-state index is 12.1. The third kappa shape index (κ3) is 4.93. The van der Waals surface area contributed by atoms with Crippen LogP contribution in [0.1, 0.15) is 26.3 Å². The summed E-state index contributed by atoms with van der Waals surface area (Å²) in [4.78, 5) is 0.353. The first-order valence-electron chi connectivity index (χ1n) is 6.42. The van der Waals surface area contributed by atoms with Gasteiger partial charge in [-0.15, -0.1) is 0 Å². The average molecular weight is 285 g/mol. The van der Waals surface area contributed by atoms with Crippen molar-refractivity contribution in [1.29, 1.82) is 0 Å². The van der Waals surface area contributed by atoms with E-state index in [1.165, 1.54) is 0 Å². The molecule has 0 aliphatic rings. The lowest BCUT2D eigenvalue weighted by Crippen LogP contribution is -2.25. The van der Waals surface area contributed by atoms with E-state index in [1.807, 2.05) is 12.1 Å². The highest BCUT2D eigenvalue weighted by Gasteiger charge is 2.17. The van der Waals surface area contributed by atoms with E-state index in [9.17, 15) is 8.42 Å². The standard InChI is InChI=1S/C14H23NO3S/c1-14(2,3)12-4-6-13(7-5-12)19(17,18)11-9-15-8-10-16/h4-7,15-16H,8-11H2,1-3H3. The normalized spacial score (nSPS) is 12.6. The number of rotatable bonds is 6. The molecule has 0 unspecified atom stereocenters. The summed E-state index contributed by atoms with van der Waals surface area (Å²) in [6.07, 6.45) is 0. The van der Waals surface area contributed by atoms with E-state index >= 15 is 0 Å². The van der Waals surface area contributed by atoms with Gasteiger partial charge in [0.1, 0.15) is 0 Å². The lowest BCUT2D eigenvalue weighted by molar-refractivity contribution is 0.293. The van der Waals surface area contributed by atoms with Gasteiger partial charge in [-0.1, -0.05) is 32.9 Å². The molecular formula is C14H23NO3S.